The van der Waals surface area contributed by atoms with E-state index in [1.165, 1.54) is 11.8 Å². The van der Waals surface area contributed by atoms with E-state index < -0.39 is 23.0 Å². The van der Waals surface area contributed by atoms with Crippen molar-refractivity contribution in [3.63, 3.8) is 0 Å². The Morgan fingerprint density at radius 2 is 1.31 bits per heavy atom. The number of anilines is 2. The van der Waals surface area contributed by atoms with Gasteiger partial charge in [-0.05, 0) is 83.3 Å². The van der Waals surface area contributed by atoms with Gasteiger partial charge < -0.3 is 21.7 Å². The summed E-state index contributed by atoms with van der Waals surface area (Å²) in [4.78, 5) is 52.6. The number of carbonyl (C=O) groups excluding carboxylic acids is 4. The van der Waals surface area contributed by atoms with Crippen LogP contribution in [0.3, 0.4) is 0 Å². The van der Waals surface area contributed by atoms with Gasteiger partial charge in [-0.3, -0.25) is 19.2 Å². The third-order valence-corrected chi connectivity index (χ3v) is 8.81. The van der Waals surface area contributed by atoms with Crippen LogP contribution in [0, 0.1) is 0 Å². The standard InChI is InChI=1S/C40H36N4O4S/c1-26(2)28-18-16-27(17-19-28)24-35(44-38(46)31-12-7-4-8-13-31)39(47)43-33-14-9-15-34(25-33)49-36(29-10-5-3-6-11-29)40(48)42-32-22-20-30(21-23-32)37(41)45/h3-26,36H,1-2H3,(H2,41,45)(H,42,48)(H,43,47)(H,44,46)/b35-24+. The summed E-state index contributed by atoms with van der Waals surface area (Å²) in [6, 6.07) is 39.4. The minimum atomic E-state index is -0.641. The van der Waals surface area contributed by atoms with Crippen LogP contribution >= 0.6 is 11.8 Å². The fourth-order valence-electron chi connectivity index (χ4n) is 4.89. The third-order valence-electron chi connectivity index (χ3n) is 7.57. The fraction of sp³-hybridized carbons (Fsp3) is 0.100. The van der Waals surface area contributed by atoms with Crippen LogP contribution in [0.5, 0.6) is 0 Å². The second-order valence-electron chi connectivity index (χ2n) is 11.5. The molecule has 49 heavy (non-hydrogen) atoms. The molecule has 4 amide bonds. The van der Waals surface area contributed by atoms with E-state index in [9.17, 15) is 19.2 Å². The number of nitrogens with one attached hydrogen (secondary N) is 3. The number of nitrogens with two attached hydrogens (primary N) is 1. The molecule has 5 rings (SSSR count). The molecule has 9 heteroatoms. The average Bonchev–Trinajstić information content (AvgIpc) is 3.11. The lowest BCUT2D eigenvalue weighted by Gasteiger charge is -2.18. The summed E-state index contributed by atoms with van der Waals surface area (Å²) in [7, 11) is 0. The van der Waals surface area contributed by atoms with Crippen LogP contribution in [0.25, 0.3) is 6.08 Å². The van der Waals surface area contributed by atoms with Crippen LogP contribution in [0.1, 0.15) is 62.4 Å². The SMILES string of the molecule is CC(C)c1ccc(/C=C(/NC(=O)c2ccccc2)C(=O)Nc2cccc(SC(C(=O)Nc3ccc(C(N)=O)cc3)c3ccccc3)c2)cc1. The Balaban J connectivity index is 1.37. The molecular weight excluding hydrogens is 633 g/mol. The predicted molar refractivity (Wildman–Crippen MR) is 196 cm³/mol. The van der Waals surface area contributed by atoms with Crippen molar-refractivity contribution in [2.24, 2.45) is 5.73 Å². The van der Waals surface area contributed by atoms with Crippen LogP contribution in [-0.2, 0) is 9.59 Å². The Labute approximate surface area is 289 Å². The van der Waals surface area contributed by atoms with Crippen LogP contribution in [-0.4, -0.2) is 23.6 Å². The Kier molecular flexibility index (Phi) is 11.4. The van der Waals surface area contributed by atoms with Gasteiger partial charge in [0.15, 0.2) is 0 Å². The number of benzene rings is 5. The van der Waals surface area contributed by atoms with E-state index in [1.807, 2.05) is 66.7 Å². The Morgan fingerprint density at radius 3 is 1.94 bits per heavy atom. The van der Waals surface area contributed by atoms with Gasteiger partial charge in [0.1, 0.15) is 10.9 Å². The molecule has 0 aliphatic heterocycles. The van der Waals surface area contributed by atoms with Crippen molar-refractivity contribution in [2.45, 2.75) is 29.9 Å². The van der Waals surface area contributed by atoms with Gasteiger partial charge in [0.05, 0.1) is 0 Å². The molecule has 0 saturated carbocycles. The zero-order valence-electron chi connectivity index (χ0n) is 27.1. The summed E-state index contributed by atoms with van der Waals surface area (Å²) >= 11 is 1.32. The molecular formula is C40H36N4O4S. The molecule has 0 heterocycles. The highest BCUT2D eigenvalue weighted by Gasteiger charge is 2.23. The van der Waals surface area contributed by atoms with Crippen molar-refractivity contribution >= 4 is 52.8 Å². The number of carbonyl (C=O) groups is 4. The molecule has 1 unspecified atom stereocenters. The Hall–Kier alpha value is -5.93. The van der Waals surface area contributed by atoms with Crippen LogP contribution in [0.15, 0.2) is 144 Å². The third kappa shape index (κ3) is 9.56. The first-order valence-corrected chi connectivity index (χ1v) is 16.6. The first-order chi connectivity index (χ1) is 23.7. The van der Waals surface area contributed by atoms with E-state index in [1.54, 1.807) is 72.8 Å². The number of hydrogen-bond acceptors (Lipinski definition) is 5. The van der Waals surface area contributed by atoms with Gasteiger partial charge in [0.2, 0.25) is 11.8 Å². The quantitative estimate of drug-likeness (QED) is 0.0797. The molecule has 0 radical (unpaired) electrons. The maximum absolute atomic E-state index is 13.7. The summed E-state index contributed by atoms with van der Waals surface area (Å²) < 4.78 is 0. The van der Waals surface area contributed by atoms with Crippen molar-refractivity contribution in [3.8, 4) is 0 Å². The maximum atomic E-state index is 13.7. The molecule has 0 aliphatic carbocycles. The number of hydrogen-bond donors (Lipinski definition) is 4. The summed E-state index contributed by atoms with van der Waals surface area (Å²) in [5.74, 6) is -1.38. The Morgan fingerprint density at radius 1 is 0.653 bits per heavy atom. The molecule has 0 saturated heterocycles. The lowest BCUT2D eigenvalue weighted by atomic mass is 10.0. The van der Waals surface area contributed by atoms with Crippen LogP contribution < -0.4 is 21.7 Å². The van der Waals surface area contributed by atoms with Gasteiger partial charge in [0, 0.05) is 27.4 Å². The molecule has 0 spiro atoms. The highest BCUT2D eigenvalue weighted by molar-refractivity contribution is 8.00. The van der Waals surface area contributed by atoms with E-state index in [-0.39, 0.29) is 11.6 Å². The molecule has 5 N–H and O–H groups in total. The normalized spacial score (nSPS) is 11.8. The van der Waals surface area contributed by atoms with Crippen molar-refractivity contribution < 1.29 is 19.2 Å². The topological polar surface area (TPSA) is 130 Å². The summed E-state index contributed by atoms with van der Waals surface area (Å²) in [5.41, 5.74) is 9.90. The Bertz CT molecular complexity index is 1960. The second-order valence-corrected chi connectivity index (χ2v) is 12.7. The zero-order chi connectivity index (χ0) is 34.8. The number of primary amides is 1. The molecule has 0 bridgehead atoms. The molecule has 5 aromatic rings. The molecule has 1 atom stereocenters. The smallest absolute Gasteiger partial charge is 0.272 e. The van der Waals surface area contributed by atoms with Crippen molar-refractivity contribution in [1.82, 2.24) is 5.32 Å². The van der Waals surface area contributed by atoms with Crippen molar-refractivity contribution in [2.75, 3.05) is 10.6 Å². The predicted octanol–water partition coefficient (Wildman–Crippen LogP) is 7.79. The second kappa shape index (κ2) is 16.3. The number of thioether (sulfide) groups is 1. The molecule has 5 aromatic carbocycles. The first-order valence-electron chi connectivity index (χ1n) is 15.7. The first kappa shape index (κ1) is 34.4. The lowest BCUT2D eigenvalue weighted by Crippen LogP contribution is -2.30. The van der Waals surface area contributed by atoms with Crippen molar-refractivity contribution in [3.05, 3.63) is 167 Å². The minimum Gasteiger partial charge on any atom is -0.366 e. The average molecular weight is 669 g/mol. The molecule has 246 valence electrons. The van der Waals surface area contributed by atoms with E-state index in [0.717, 1.165) is 21.6 Å². The van der Waals surface area contributed by atoms with Gasteiger partial charge in [0.25, 0.3) is 11.8 Å². The molecule has 0 fully saturated rings. The van der Waals surface area contributed by atoms with Gasteiger partial charge in [-0.1, -0.05) is 92.7 Å². The highest BCUT2D eigenvalue weighted by atomic mass is 32.2. The van der Waals surface area contributed by atoms with Gasteiger partial charge in [-0.25, -0.2) is 0 Å². The van der Waals surface area contributed by atoms with Gasteiger partial charge >= 0.3 is 0 Å². The lowest BCUT2D eigenvalue weighted by molar-refractivity contribution is -0.116. The number of amides is 4. The van der Waals surface area contributed by atoms with Crippen LogP contribution in [0.2, 0.25) is 0 Å². The summed E-state index contributed by atoms with van der Waals surface area (Å²) in [6.07, 6.45) is 1.64. The van der Waals surface area contributed by atoms with E-state index in [4.69, 9.17) is 5.73 Å². The largest absolute Gasteiger partial charge is 0.366 e. The summed E-state index contributed by atoms with van der Waals surface area (Å²) in [5, 5.41) is 7.98. The monoisotopic (exact) mass is 668 g/mol. The van der Waals surface area contributed by atoms with E-state index in [2.05, 4.69) is 29.8 Å². The molecule has 0 aromatic heterocycles. The fourth-order valence-corrected chi connectivity index (χ4v) is 5.98. The maximum Gasteiger partial charge on any atom is 0.272 e. The van der Waals surface area contributed by atoms with E-state index in [0.29, 0.717) is 28.4 Å². The number of rotatable bonds is 12. The van der Waals surface area contributed by atoms with Crippen molar-refractivity contribution in [1.29, 1.82) is 0 Å². The van der Waals surface area contributed by atoms with Crippen LogP contribution in [0.4, 0.5) is 11.4 Å². The molecule has 0 aliphatic rings. The van der Waals surface area contributed by atoms with E-state index >= 15 is 0 Å². The molecule has 8 nitrogen and oxygen atoms in total. The minimum absolute atomic E-state index is 0.0769. The van der Waals surface area contributed by atoms with Gasteiger partial charge in [-0.2, -0.15) is 0 Å². The van der Waals surface area contributed by atoms with Gasteiger partial charge in [-0.15, -0.1) is 11.8 Å². The highest BCUT2D eigenvalue weighted by Crippen LogP contribution is 2.37. The summed E-state index contributed by atoms with van der Waals surface area (Å²) in [6.45, 7) is 4.21. The zero-order valence-corrected chi connectivity index (χ0v) is 27.9.